The summed E-state index contributed by atoms with van der Waals surface area (Å²) in [7, 11) is 0. The smallest absolute Gasteiger partial charge is 0.244 e. The van der Waals surface area contributed by atoms with Crippen LogP contribution in [-0.2, 0) is 17.8 Å². The van der Waals surface area contributed by atoms with Crippen LogP contribution in [-0.4, -0.2) is 30.5 Å². The first-order valence-electron chi connectivity index (χ1n) is 10.6. The summed E-state index contributed by atoms with van der Waals surface area (Å²) in [6.45, 7) is 2.92. The molecule has 31 heavy (non-hydrogen) atoms. The molecule has 2 N–H and O–H groups in total. The zero-order chi connectivity index (χ0) is 21.8. The molecule has 1 aliphatic carbocycles. The maximum absolute atomic E-state index is 12.5. The summed E-state index contributed by atoms with van der Waals surface area (Å²) in [5, 5.41) is 9.12. The first-order valence-corrected chi connectivity index (χ1v) is 10.6. The zero-order valence-electron chi connectivity index (χ0n) is 17.6. The van der Waals surface area contributed by atoms with E-state index in [0.717, 1.165) is 36.9 Å². The normalized spacial score (nSPS) is 16.2. The van der Waals surface area contributed by atoms with E-state index >= 15 is 0 Å². The fraction of sp³-hybridized carbons (Fsp3) is 0.348. The van der Waals surface area contributed by atoms with E-state index in [-0.39, 0.29) is 11.5 Å². The first kappa shape index (κ1) is 20.7. The third-order valence-electron chi connectivity index (χ3n) is 5.48. The van der Waals surface area contributed by atoms with E-state index in [2.05, 4.69) is 22.1 Å². The Morgan fingerprint density at radius 1 is 1.26 bits per heavy atom. The molecule has 3 aromatic rings. The number of carbonyl (C=O) groups is 1. The molecule has 0 bridgehead atoms. The third kappa shape index (κ3) is 4.79. The second-order valence-electron chi connectivity index (χ2n) is 7.84. The van der Waals surface area contributed by atoms with E-state index in [4.69, 9.17) is 5.73 Å². The SMILES string of the molecule is CCCn1cnc(-c2cccc(Cc3nn(C4CCC=C(C(N)=O)C4)ccc3=O)c2)n1. The van der Waals surface area contributed by atoms with E-state index in [1.807, 2.05) is 35.0 Å². The van der Waals surface area contributed by atoms with Crippen molar-refractivity contribution in [3.8, 4) is 11.4 Å². The van der Waals surface area contributed by atoms with Gasteiger partial charge in [-0.3, -0.25) is 19.0 Å². The van der Waals surface area contributed by atoms with Crippen LogP contribution in [0, 0.1) is 0 Å². The number of nitrogens with two attached hydrogens (primary N) is 1. The van der Waals surface area contributed by atoms with Gasteiger partial charge in [-0.25, -0.2) is 4.98 Å². The van der Waals surface area contributed by atoms with Crippen molar-refractivity contribution in [1.29, 1.82) is 0 Å². The molecule has 4 rings (SSSR count). The lowest BCUT2D eigenvalue weighted by atomic mass is 9.94. The maximum Gasteiger partial charge on any atom is 0.244 e. The van der Waals surface area contributed by atoms with Gasteiger partial charge < -0.3 is 5.73 Å². The number of allylic oxidation sites excluding steroid dienone is 1. The highest BCUT2D eigenvalue weighted by atomic mass is 16.1. The van der Waals surface area contributed by atoms with Gasteiger partial charge in [-0.05, 0) is 37.3 Å². The minimum absolute atomic E-state index is 0.0184. The Labute approximate surface area is 180 Å². The predicted molar refractivity (Wildman–Crippen MR) is 117 cm³/mol. The number of benzene rings is 1. The van der Waals surface area contributed by atoms with Crippen molar-refractivity contribution >= 4 is 5.91 Å². The van der Waals surface area contributed by atoms with Gasteiger partial charge in [-0.1, -0.05) is 31.2 Å². The average Bonchev–Trinajstić information content (AvgIpc) is 3.25. The van der Waals surface area contributed by atoms with Crippen LogP contribution in [0.5, 0.6) is 0 Å². The number of primary amides is 1. The van der Waals surface area contributed by atoms with Crippen molar-refractivity contribution < 1.29 is 4.79 Å². The molecule has 2 heterocycles. The second kappa shape index (κ2) is 9.07. The molecule has 0 saturated carbocycles. The van der Waals surface area contributed by atoms with Gasteiger partial charge in [0, 0.05) is 36.4 Å². The molecule has 1 amide bonds. The summed E-state index contributed by atoms with van der Waals surface area (Å²) in [5.74, 6) is 0.277. The highest BCUT2D eigenvalue weighted by molar-refractivity contribution is 5.92. The number of aromatic nitrogens is 5. The Morgan fingerprint density at radius 3 is 2.94 bits per heavy atom. The van der Waals surface area contributed by atoms with Crippen LogP contribution in [0.4, 0.5) is 0 Å². The molecule has 8 heteroatoms. The lowest BCUT2D eigenvalue weighted by Gasteiger charge is -2.23. The Morgan fingerprint density at radius 2 is 2.13 bits per heavy atom. The van der Waals surface area contributed by atoms with Crippen molar-refractivity contribution in [3.05, 3.63) is 76.0 Å². The summed E-state index contributed by atoms with van der Waals surface area (Å²) in [6, 6.07) is 9.44. The number of amides is 1. The highest BCUT2D eigenvalue weighted by Gasteiger charge is 2.21. The van der Waals surface area contributed by atoms with E-state index < -0.39 is 5.91 Å². The van der Waals surface area contributed by atoms with E-state index in [1.165, 1.54) is 0 Å². The molecule has 0 fully saturated rings. The van der Waals surface area contributed by atoms with Crippen LogP contribution in [0.1, 0.15) is 49.9 Å². The van der Waals surface area contributed by atoms with Gasteiger partial charge in [0.1, 0.15) is 12.0 Å². The topological polar surface area (TPSA) is 109 Å². The quantitative estimate of drug-likeness (QED) is 0.634. The maximum atomic E-state index is 12.5. The molecular weight excluding hydrogens is 392 g/mol. The zero-order valence-corrected chi connectivity index (χ0v) is 17.6. The molecule has 160 valence electrons. The largest absolute Gasteiger partial charge is 0.366 e. The van der Waals surface area contributed by atoms with Gasteiger partial charge in [-0.15, -0.1) is 0 Å². The molecule has 0 spiro atoms. The van der Waals surface area contributed by atoms with Crippen LogP contribution in [0.3, 0.4) is 0 Å². The molecule has 1 atom stereocenters. The minimum Gasteiger partial charge on any atom is -0.366 e. The summed E-state index contributed by atoms with van der Waals surface area (Å²) in [4.78, 5) is 28.4. The summed E-state index contributed by atoms with van der Waals surface area (Å²) in [6.07, 6.45) is 8.89. The Balaban J connectivity index is 1.56. The van der Waals surface area contributed by atoms with E-state index in [0.29, 0.717) is 29.9 Å². The molecular formula is C23H26N6O2. The first-order chi connectivity index (χ1) is 15.0. The van der Waals surface area contributed by atoms with Crippen LogP contribution in [0.2, 0.25) is 0 Å². The lowest BCUT2D eigenvalue weighted by Crippen LogP contribution is -2.25. The van der Waals surface area contributed by atoms with Gasteiger partial charge >= 0.3 is 0 Å². The standard InChI is InChI=1S/C23H26N6O2/c1-2-10-28-15-25-23(27-28)18-7-3-5-16(12-18)13-20-21(30)9-11-29(26-20)19-8-4-6-17(14-19)22(24)31/h3,5-7,9,11-12,15,19H,2,4,8,10,13-14H2,1H3,(H2,24,31). The Kier molecular flexibility index (Phi) is 6.06. The molecule has 1 aliphatic rings. The molecule has 1 unspecified atom stereocenters. The lowest BCUT2D eigenvalue weighted by molar-refractivity contribution is -0.114. The monoisotopic (exact) mass is 418 g/mol. The average molecular weight is 419 g/mol. The van der Waals surface area contributed by atoms with Crippen LogP contribution in [0.15, 0.2) is 59.3 Å². The minimum atomic E-state index is -0.391. The fourth-order valence-electron chi connectivity index (χ4n) is 3.88. The van der Waals surface area contributed by atoms with Crippen molar-refractivity contribution in [1.82, 2.24) is 24.5 Å². The van der Waals surface area contributed by atoms with Crippen LogP contribution < -0.4 is 11.2 Å². The van der Waals surface area contributed by atoms with Gasteiger partial charge in [0.2, 0.25) is 11.3 Å². The highest BCUT2D eigenvalue weighted by Crippen LogP contribution is 2.27. The van der Waals surface area contributed by atoms with Crippen LogP contribution in [0.25, 0.3) is 11.4 Å². The van der Waals surface area contributed by atoms with Crippen LogP contribution >= 0.6 is 0 Å². The van der Waals surface area contributed by atoms with Crippen molar-refractivity contribution in [2.24, 2.45) is 5.73 Å². The van der Waals surface area contributed by atoms with Gasteiger partial charge in [0.15, 0.2) is 5.82 Å². The molecule has 1 aromatic carbocycles. The summed E-state index contributed by atoms with van der Waals surface area (Å²) >= 11 is 0. The Hall–Kier alpha value is -3.55. The molecule has 0 aliphatic heterocycles. The molecule has 0 radical (unpaired) electrons. The van der Waals surface area contributed by atoms with Crippen molar-refractivity contribution in [3.63, 3.8) is 0 Å². The fourth-order valence-corrected chi connectivity index (χ4v) is 3.88. The predicted octanol–water partition coefficient (Wildman–Crippen LogP) is 2.64. The number of hydrogen-bond donors (Lipinski definition) is 1. The molecule has 0 saturated heterocycles. The van der Waals surface area contributed by atoms with E-state index in [1.54, 1.807) is 23.3 Å². The van der Waals surface area contributed by atoms with Crippen molar-refractivity contribution in [2.45, 2.75) is 51.6 Å². The van der Waals surface area contributed by atoms with Crippen molar-refractivity contribution in [2.75, 3.05) is 0 Å². The summed E-state index contributed by atoms with van der Waals surface area (Å²) < 4.78 is 3.63. The summed E-state index contributed by atoms with van der Waals surface area (Å²) in [5.41, 5.74) is 8.31. The number of aryl methyl sites for hydroxylation is 1. The number of hydrogen-bond acceptors (Lipinski definition) is 5. The van der Waals surface area contributed by atoms with Gasteiger partial charge in [-0.2, -0.15) is 10.2 Å². The molecule has 8 nitrogen and oxygen atoms in total. The second-order valence-corrected chi connectivity index (χ2v) is 7.84. The number of carbonyl (C=O) groups excluding carboxylic acids is 1. The molecule has 2 aromatic heterocycles. The third-order valence-corrected chi connectivity index (χ3v) is 5.48. The van der Waals surface area contributed by atoms with E-state index in [9.17, 15) is 9.59 Å². The Bertz CT molecular complexity index is 1180. The number of rotatable bonds is 7. The van der Waals surface area contributed by atoms with Gasteiger partial charge in [0.05, 0.1) is 6.04 Å². The number of nitrogens with zero attached hydrogens (tertiary/aromatic N) is 5. The van der Waals surface area contributed by atoms with Gasteiger partial charge in [0.25, 0.3) is 0 Å².